The molecule has 2 aromatic rings. The van der Waals surface area contributed by atoms with Gasteiger partial charge in [-0.15, -0.1) is 0 Å². The van der Waals surface area contributed by atoms with Crippen molar-refractivity contribution in [2.24, 2.45) is 0 Å². The normalized spacial score (nSPS) is 11.9. The number of benzene rings is 1. The molecule has 0 spiro atoms. The second-order valence-corrected chi connectivity index (χ2v) is 9.62. The zero-order chi connectivity index (χ0) is 23.2. The minimum atomic E-state index is -3.57. The molecule has 2 rings (SSSR count). The molecular weight excluding hydrogens is 421 g/mol. The third-order valence-electron chi connectivity index (χ3n) is 4.70. The number of nitrogens with zero attached hydrogens (tertiary/aromatic N) is 3. The molecule has 0 fully saturated rings. The van der Waals surface area contributed by atoms with Crippen LogP contribution in [0.15, 0.2) is 30.3 Å². The van der Waals surface area contributed by atoms with Crippen molar-refractivity contribution in [2.75, 3.05) is 17.6 Å². The van der Waals surface area contributed by atoms with Crippen LogP contribution in [0.2, 0.25) is 0 Å². The Kier molecular flexibility index (Phi) is 8.27. The summed E-state index contributed by atoms with van der Waals surface area (Å²) in [5.41, 5.74) is 2.54. The molecule has 1 aromatic carbocycles. The largest absolute Gasteiger partial charge is 0.481 e. The molecule has 0 aliphatic rings. The van der Waals surface area contributed by atoms with Crippen LogP contribution in [0, 0.1) is 5.82 Å². The number of hydrogen-bond acceptors (Lipinski definition) is 5. The van der Waals surface area contributed by atoms with Gasteiger partial charge in [0.2, 0.25) is 16.0 Å². The van der Waals surface area contributed by atoms with Gasteiger partial charge in [0.05, 0.1) is 17.6 Å². The van der Waals surface area contributed by atoms with Crippen LogP contribution in [0.3, 0.4) is 0 Å². The van der Waals surface area contributed by atoms with E-state index < -0.39 is 16.0 Å². The number of allylic oxidation sites excluding steroid dienone is 1. The first kappa shape index (κ1) is 24.5. The number of anilines is 1. The van der Waals surface area contributed by atoms with E-state index in [1.807, 2.05) is 26.0 Å². The van der Waals surface area contributed by atoms with Gasteiger partial charge in [0.25, 0.3) is 0 Å². The summed E-state index contributed by atoms with van der Waals surface area (Å²) in [4.78, 5) is 19.7. The Hall–Kier alpha value is -2.81. The van der Waals surface area contributed by atoms with Crippen molar-refractivity contribution in [1.29, 1.82) is 0 Å². The summed E-state index contributed by atoms with van der Waals surface area (Å²) >= 11 is 0. The third-order valence-corrected chi connectivity index (χ3v) is 5.86. The smallest absolute Gasteiger partial charge is 0.303 e. The highest BCUT2D eigenvalue weighted by Gasteiger charge is 2.22. The van der Waals surface area contributed by atoms with Crippen LogP contribution in [0.1, 0.15) is 56.7 Å². The van der Waals surface area contributed by atoms with Crippen molar-refractivity contribution in [2.45, 2.75) is 45.4 Å². The minimum Gasteiger partial charge on any atom is -0.481 e. The van der Waals surface area contributed by atoms with Crippen molar-refractivity contribution in [3.05, 3.63) is 47.4 Å². The van der Waals surface area contributed by atoms with Crippen LogP contribution in [-0.4, -0.2) is 42.8 Å². The van der Waals surface area contributed by atoms with Gasteiger partial charge >= 0.3 is 5.97 Å². The molecule has 0 saturated carbocycles. The highest BCUT2D eigenvalue weighted by atomic mass is 32.2. The van der Waals surface area contributed by atoms with Gasteiger partial charge in [0.15, 0.2) is 0 Å². The topological polar surface area (TPSA) is 100 Å². The lowest BCUT2D eigenvalue weighted by Crippen LogP contribution is -2.27. The molecule has 168 valence electrons. The third kappa shape index (κ3) is 6.85. The molecule has 0 radical (unpaired) electrons. The van der Waals surface area contributed by atoms with E-state index in [9.17, 15) is 17.6 Å². The number of aromatic nitrogens is 2. The summed E-state index contributed by atoms with van der Waals surface area (Å²) < 4.78 is 38.6. The highest BCUT2D eigenvalue weighted by molar-refractivity contribution is 7.92. The average molecular weight is 450 g/mol. The Morgan fingerprint density at radius 3 is 2.39 bits per heavy atom. The predicted octanol–water partition coefficient (Wildman–Crippen LogP) is 4.46. The lowest BCUT2D eigenvalue weighted by Gasteiger charge is -2.20. The summed E-state index contributed by atoms with van der Waals surface area (Å²) in [6.45, 7) is 3.90. The van der Waals surface area contributed by atoms with E-state index in [-0.39, 0.29) is 24.1 Å². The maximum absolute atomic E-state index is 13.5. The van der Waals surface area contributed by atoms with Crippen LogP contribution >= 0.6 is 0 Å². The van der Waals surface area contributed by atoms with Crippen molar-refractivity contribution in [3.8, 4) is 11.3 Å². The van der Waals surface area contributed by atoms with Gasteiger partial charge in [-0.1, -0.05) is 26.0 Å². The Morgan fingerprint density at radius 1 is 1.19 bits per heavy atom. The molecule has 0 aliphatic carbocycles. The number of unbranched alkanes of at least 4 members (excludes halogenated alkanes) is 2. The molecule has 0 bridgehead atoms. The Balaban J connectivity index is 2.54. The van der Waals surface area contributed by atoms with Gasteiger partial charge in [-0.25, -0.2) is 27.1 Å². The molecular formula is C22H28FN3O4S. The summed E-state index contributed by atoms with van der Waals surface area (Å²) in [5.74, 6) is -1.18. The highest BCUT2D eigenvalue weighted by Crippen LogP contribution is 2.31. The van der Waals surface area contributed by atoms with Gasteiger partial charge in [-0.2, -0.15) is 0 Å². The van der Waals surface area contributed by atoms with Crippen LogP contribution in [-0.2, 0) is 14.8 Å². The van der Waals surface area contributed by atoms with E-state index in [0.29, 0.717) is 29.8 Å². The molecule has 0 atom stereocenters. The summed E-state index contributed by atoms with van der Waals surface area (Å²) in [5, 5.41) is 8.75. The number of aliphatic carboxylic acids is 1. The van der Waals surface area contributed by atoms with Gasteiger partial charge in [-0.3, -0.25) is 4.79 Å². The van der Waals surface area contributed by atoms with Gasteiger partial charge in [0.1, 0.15) is 5.82 Å². The number of halogens is 1. The quantitative estimate of drug-likeness (QED) is 0.538. The number of carbonyl (C=O) groups is 1. The van der Waals surface area contributed by atoms with Crippen LogP contribution < -0.4 is 4.31 Å². The van der Waals surface area contributed by atoms with Crippen LogP contribution in [0.4, 0.5) is 10.3 Å². The second kappa shape index (κ2) is 10.5. The lowest BCUT2D eigenvalue weighted by atomic mass is 9.97. The maximum Gasteiger partial charge on any atom is 0.303 e. The first-order valence-electron chi connectivity index (χ1n) is 10.0. The lowest BCUT2D eigenvalue weighted by molar-refractivity contribution is -0.137. The fourth-order valence-corrected chi connectivity index (χ4v) is 3.31. The van der Waals surface area contributed by atoms with Crippen molar-refractivity contribution >= 4 is 28.0 Å². The summed E-state index contributed by atoms with van der Waals surface area (Å²) in [6, 6.07) is 5.84. The van der Waals surface area contributed by atoms with Crippen molar-refractivity contribution in [3.63, 3.8) is 0 Å². The fraction of sp³-hybridized carbons (Fsp3) is 0.409. The first-order chi connectivity index (χ1) is 14.5. The Morgan fingerprint density at radius 2 is 1.84 bits per heavy atom. The molecule has 0 amide bonds. The van der Waals surface area contributed by atoms with Crippen LogP contribution in [0.25, 0.3) is 17.3 Å². The second-order valence-electron chi connectivity index (χ2n) is 7.61. The monoisotopic (exact) mass is 449 g/mol. The van der Waals surface area contributed by atoms with Crippen molar-refractivity contribution in [1.82, 2.24) is 9.97 Å². The molecule has 1 heterocycles. The van der Waals surface area contributed by atoms with E-state index in [0.717, 1.165) is 22.5 Å². The predicted molar refractivity (Wildman–Crippen MR) is 120 cm³/mol. The standard InChI is InChI=1S/C22H28FN3O4S/c1-15(2)20-18(9-7-5-6-8-10-19(27)28)21(16-11-13-17(23)14-12-16)25-22(24-20)26(3)31(4,29)30/h7,9,11-15H,5-6,8,10H2,1-4H3,(H,27,28). The zero-order valence-electron chi connectivity index (χ0n) is 18.2. The molecule has 7 nitrogen and oxygen atoms in total. The minimum absolute atomic E-state index is 0.0273. The first-order valence-corrected chi connectivity index (χ1v) is 11.9. The summed E-state index contributed by atoms with van der Waals surface area (Å²) in [7, 11) is -2.18. The van der Waals surface area contributed by atoms with Crippen molar-refractivity contribution < 1.29 is 22.7 Å². The van der Waals surface area contributed by atoms with E-state index in [1.165, 1.54) is 19.2 Å². The molecule has 0 saturated heterocycles. The van der Waals surface area contributed by atoms with E-state index in [2.05, 4.69) is 9.97 Å². The molecule has 0 aliphatic heterocycles. The Bertz CT molecular complexity index is 1050. The molecule has 1 N–H and O–H groups in total. The Labute approximate surface area is 182 Å². The van der Waals surface area contributed by atoms with E-state index in [1.54, 1.807) is 12.1 Å². The van der Waals surface area contributed by atoms with E-state index >= 15 is 0 Å². The molecule has 9 heteroatoms. The number of rotatable bonds is 10. The molecule has 31 heavy (non-hydrogen) atoms. The SMILES string of the molecule is CC(C)c1nc(N(C)S(C)(=O)=O)nc(-c2ccc(F)cc2)c1C=CCCCCC(=O)O. The number of sulfonamides is 1. The number of carboxylic acids is 1. The zero-order valence-corrected chi connectivity index (χ0v) is 19.0. The number of hydrogen-bond donors (Lipinski definition) is 1. The fourth-order valence-electron chi connectivity index (χ4n) is 2.94. The number of carboxylic acid groups (broad SMARTS) is 1. The van der Waals surface area contributed by atoms with E-state index in [4.69, 9.17) is 5.11 Å². The summed E-state index contributed by atoms with van der Waals surface area (Å²) in [6.07, 6.45) is 6.99. The van der Waals surface area contributed by atoms with Gasteiger partial charge in [-0.05, 0) is 49.4 Å². The van der Waals surface area contributed by atoms with Gasteiger partial charge in [0, 0.05) is 24.6 Å². The average Bonchev–Trinajstić information content (AvgIpc) is 2.69. The maximum atomic E-state index is 13.5. The van der Waals surface area contributed by atoms with Gasteiger partial charge < -0.3 is 5.11 Å². The molecule has 1 aromatic heterocycles. The van der Waals surface area contributed by atoms with Crippen LogP contribution in [0.5, 0.6) is 0 Å². The molecule has 0 unspecified atom stereocenters.